The van der Waals surface area contributed by atoms with Crippen LogP contribution in [0.1, 0.15) is 32.6 Å². The normalized spacial score (nSPS) is 20.8. The van der Waals surface area contributed by atoms with Crippen molar-refractivity contribution < 1.29 is 64.3 Å². The Morgan fingerprint density at radius 3 is 2.13 bits per heavy atom. The Bertz CT molecular complexity index is 183. The van der Waals surface area contributed by atoms with E-state index in [1.165, 1.54) is 0 Å². The first-order valence-corrected chi connectivity index (χ1v) is 6.96. The summed E-state index contributed by atoms with van der Waals surface area (Å²) >= 11 is 2.25. The maximum absolute atomic E-state index is 12.9. The van der Waals surface area contributed by atoms with Crippen LogP contribution in [0.2, 0.25) is 0 Å². The van der Waals surface area contributed by atoms with Gasteiger partial charge in [0.15, 0.2) is 0 Å². The number of hydrogen-bond acceptors (Lipinski definition) is 2. The first kappa shape index (κ1) is 17.2. The van der Waals surface area contributed by atoms with Crippen molar-refractivity contribution in [2.45, 2.75) is 36.6 Å². The molecule has 0 saturated carbocycles. The summed E-state index contributed by atoms with van der Waals surface area (Å²) in [7, 11) is 0. The third kappa shape index (κ3) is 4.75. The van der Waals surface area contributed by atoms with Crippen LogP contribution < -0.4 is 51.4 Å². The van der Waals surface area contributed by atoms with E-state index < -0.39 is 11.0 Å². The van der Waals surface area contributed by atoms with Gasteiger partial charge < -0.3 is 12.9 Å². The molecule has 1 saturated heterocycles. The van der Waals surface area contributed by atoms with E-state index in [0.29, 0.717) is 24.3 Å². The SMILES string of the molecule is CCCCC1([B-](F)(F)F)SCCCS1.[K+]. The Balaban J connectivity index is 0.00000196. The van der Waals surface area contributed by atoms with E-state index in [1.54, 1.807) is 0 Å². The third-order valence-corrected chi connectivity index (χ3v) is 5.97. The maximum Gasteiger partial charge on any atom is 1.00 e. The first-order chi connectivity index (χ1) is 6.52. The molecule has 0 aromatic carbocycles. The van der Waals surface area contributed by atoms with Gasteiger partial charge >= 0.3 is 58.4 Å². The molecule has 0 bridgehead atoms. The first-order valence-electron chi connectivity index (χ1n) is 4.99. The summed E-state index contributed by atoms with van der Waals surface area (Å²) in [6.07, 6.45) is 2.73. The van der Waals surface area contributed by atoms with Crippen LogP contribution in [0, 0.1) is 0 Å². The van der Waals surface area contributed by atoms with E-state index >= 15 is 0 Å². The zero-order chi connectivity index (χ0) is 10.7. The van der Waals surface area contributed by atoms with Crippen molar-refractivity contribution in [1.29, 1.82) is 0 Å². The van der Waals surface area contributed by atoms with Crippen LogP contribution in [-0.4, -0.2) is 22.5 Å². The monoisotopic (exact) mass is 282 g/mol. The van der Waals surface area contributed by atoms with E-state index in [2.05, 4.69) is 0 Å². The van der Waals surface area contributed by atoms with Gasteiger partial charge in [0.1, 0.15) is 0 Å². The van der Waals surface area contributed by atoms with Gasteiger partial charge in [0, 0.05) is 3.98 Å². The quantitative estimate of drug-likeness (QED) is 0.709. The van der Waals surface area contributed by atoms with Gasteiger partial charge in [-0.25, -0.2) is 0 Å². The summed E-state index contributed by atoms with van der Waals surface area (Å²) in [5.41, 5.74) is 0. The van der Waals surface area contributed by atoms with E-state index in [0.717, 1.165) is 36.4 Å². The molecule has 7 heteroatoms. The summed E-state index contributed by atoms with van der Waals surface area (Å²) in [6, 6.07) is 0. The van der Waals surface area contributed by atoms with E-state index in [1.807, 2.05) is 6.92 Å². The Hall–Kier alpha value is 2.19. The standard InChI is InChI=1S/C8H15BF3S2.K/c1-2-3-5-8(9(10,11)12)13-6-4-7-14-8;/h2-7H2,1H3;/q-1;+1. The summed E-state index contributed by atoms with van der Waals surface area (Å²) in [5, 5.41) is 0. The van der Waals surface area contributed by atoms with E-state index in [-0.39, 0.29) is 51.4 Å². The second-order valence-corrected chi connectivity index (χ2v) is 6.65. The van der Waals surface area contributed by atoms with Gasteiger partial charge in [-0.05, 0) is 17.9 Å². The largest absolute Gasteiger partial charge is 1.00 e. The zero-order valence-corrected chi connectivity index (χ0v) is 14.0. The number of hydrogen-bond donors (Lipinski definition) is 0. The smallest absolute Gasteiger partial charge is 0.448 e. The molecule has 1 heterocycles. The van der Waals surface area contributed by atoms with Crippen LogP contribution >= 0.6 is 23.5 Å². The summed E-state index contributed by atoms with van der Waals surface area (Å²) in [5.74, 6) is 1.33. The predicted molar refractivity (Wildman–Crippen MR) is 60.9 cm³/mol. The van der Waals surface area contributed by atoms with E-state index in [9.17, 15) is 12.9 Å². The molecule has 0 aromatic heterocycles. The summed E-state index contributed by atoms with van der Waals surface area (Å²) < 4.78 is 37.4. The predicted octanol–water partition coefficient (Wildman–Crippen LogP) is 1.13. The second-order valence-electron chi connectivity index (χ2n) is 3.54. The topological polar surface area (TPSA) is 0 Å². The molecule has 1 rings (SSSR count). The molecule has 0 aromatic rings. The number of halogens is 3. The van der Waals surface area contributed by atoms with Crippen LogP contribution in [0.15, 0.2) is 0 Å². The van der Waals surface area contributed by atoms with Gasteiger partial charge in [-0.1, -0.05) is 26.2 Å². The Labute approximate surface area is 141 Å². The van der Waals surface area contributed by atoms with Crippen LogP contribution in [0.5, 0.6) is 0 Å². The average molecular weight is 282 g/mol. The van der Waals surface area contributed by atoms with Crippen molar-refractivity contribution in [3.63, 3.8) is 0 Å². The van der Waals surface area contributed by atoms with Crippen molar-refractivity contribution >= 4 is 30.5 Å². The number of unbranched alkanes of at least 4 members (excludes halogenated alkanes) is 1. The van der Waals surface area contributed by atoms with Crippen molar-refractivity contribution in [3.05, 3.63) is 0 Å². The molecule has 0 N–H and O–H groups in total. The molecule has 0 atom stereocenters. The fraction of sp³-hybridized carbons (Fsp3) is 1.00. The molecule has 1 aliphatic heterocycles. The van der Waals surface area contributed by atoms with E-state index in [4.69, 9.17) is 0 Å². The van der Waals surface area contributed by atoms with Gasteiger partial charge in [-0.2, -0.15) is 23.5 Å². The molecule has 0 aliphatic carbocycles. The fourth-order valence-corrected chi connectivity index (χ4v) is 4.75. The van der Waals surface area contributed by atoms with Crippen LogP contribution in [0.3, 0.4) is 0 Å². The number of thioether (sulfide) groups is 2. The molecule has 0 nitrogen and oxygen atoms in total. The molecule has 0 unspecified atom stereocenters. The second kappa shape index (κ2) is 7.59. The van der Waals surface area contributed by atoms with Gasteiger partial charge in [0.25, 0.3) is 0 Å². The van der Waals surface area contributed by atoms with Crippen LogP contribution in [0.25, 0.3) is 0 Å². The maximum atomic E-state index is 12.9. The van der Waals surface area contributed by atoms with Gasteiger partial charge in [0.2, 0.25) is 0 Å². The minimum absolute atomic E-state index is 0. The van der Waals surface area contributed by atoms with Crippen molar-refractivity contribution in [1.82, 2.24) is 0 Å². The fourth-order valence-electron chi connectivity index (χ4n) is 1.51. The molecule has 0 amide bonds. The molecular weight excluding hydrogens is 267 g/mol. The van der Waals surface area contributed by atoms with Gasteiger partial charge in [-0.3, -0.25) is 0 Å². The molecular formula is C8H15BF3KS2. The molecule has 84 valence electrons. The van der Waals surface area contributed by atoms with Crippen molar-refractivity contribution in [2.75, 3.05) is 11.5 Å². The number of rotatable bonds is 4. The minimum atomic E-state index is -4.71. The Morgan fingerprint density at radius 2 is 1.73 bits per heavy atom. The molecule has 15 heavy (non-hydrogen) atoms. The van der Waals surface area contributed by atoms with Gasteiger partial charge in [-0.15, -0.1) is 0 Å². The molecule has 1 aliphatic rings. The zero-order valence-electron chi connectivity index (χ0n) is 9.27. The summed E-state index contributed by atoms with van der Waals surface area (Å²) in [6.45, 7) is -2.78. The molecule has 0 spiro atoms. The Morgan fingerprint density at radius 1 is 1.20 bits per heavy atom. The van der Waals surface area contributed by atoms with Gasteiger partial charge in [0.05, 0.1) is 0 Å². The minimum Gasteiger partial charge on any atom is -0.448 e. The van der Waals surface area contributed by atoms with Crippen LogP contribution in [-0.2, 0) is 0 Å². The summed E-state index contributed by atoms with van der Waals surface area (Å²) in [4.78, 5) is 0. The van der Waals surface area contributed by atoms with Crippen LogP contribution in [0.4, 0.5) is 12.9 Å². The van der Waals surface area contributed by atoms with Crippen molar-refractivity contribution in [3.8, 4) is 0 Å². The third-order valence-electron chi connectivity index (χ3n) is 2.36. The molecule has 1 fully saturated rings. The average Bonchev–Trinajstić information content (AvgIpc) is 2.14. The Kier molecular flexibility index (Phi) is 8.70. The van der Waals surface area contributed by atoms with Crippen molar-refractivity contribution in [2.24, 2.45) is 0 Å². The molecule has 0 radical (unpaired) electrons.